The fourth-order valence-electron chi connectivity index (χ4n) is 1.97. The molecular weight excluding hydrogens is 329 g/mol. The third-order valence-electron chi connectivity index (χ3n) is 3.31. The quantitative estimate of drug-likeness (QED) is 0.811. The smallest absolute Gasteiger partial charge is 0.283 e. The Hall–Kier alpha value is -3.04. The van der Waals surface area contributed by atoms with E-state index in [1.807, 2.05) is 5.43 Å². The number of alkyl halides is 3. The van der Waals surface area contributed by atoms with Crippen molar-refractivity contribution in [3.05, 3.63) is 62.3 Å². The summed E-state index contributed by atoms with van der Waals surface area (Å²) in [5.41, 5.74) is 1.35. The Morgan fingerprint density at radius 2 is 1.71 bits per heavy atom. The van der Waals surface area contributed by atoms with E-state index in [2.05, 4.69) is 5.43 Å². The number of amides is 1. The molecule has 2 aromatic rings. The van der Waals surface area contributed by atoms with Crippen LogP contribution >= 0.6 is 0 Å². The number of carbonyl (C=O) groups is 1. The van der Waals surface area contributed by atoms with E-state index < -0.39 is 34.5 Å². The molecule has 0 fully saturated rings. The standard InChI is InChI=1S/C14H13F3N4O3/c1-20-10(7-11(22)21(2)13(20)24)18-19-12(23)8-5-3-4-6-9(8)14(15,16)17/h3-7,18H,1-2H3,(H,19,23). The summed E-state index contributed by atoms with van der Waals surface area (Å²) in [7, 11) is 2.60. The van der Waals surface area contributed by atoms with Gasteiger partial charge < -0.3 is 0 Å². The first kappa shape index (κ1) is 17.3. The minimum atomic E-state index is -4.69. The number of hydrogen-bond donors (Lipinski definition) is 2. The van der Waals surface area contributed by atoms with Crippen LogP contribution in [-0.2, 0) is 20.3 Å². The Bertz CT molecular complexity index is 899. The van der Waals surface area contributed by atoms with E-state index in [0.29, 0.717) is 0 Å². The largest absolute Gasteiger partial charge is 0.417 e. The average Bonchev–Trinajstić information content (AvgIpc) is 2.54. The van der Waals surface area contributed by atoms with Crippen LogP contribution in [0.2, 0.25) is 0 Å². The van der Waals surface area contributed by atoms with E-state index in [9.17, 15) is 27.6 Å². The van der Waals surface area contributed by atoms with Crippen LogP contribution in [0, 0.1) is 0 Å². The topological polar surface area (TPSA) is 85.1 Å². The molecule has 0 aliphatic rings. The van der Waals surface area contributed by atoms with Crippen molar-refractivity contribution in [2.75, 3.05) is 5.43 Å². The summed E-state index contributed by atoms with van der Waals surface area (Å²) in [6.45, 7) is 0. The third kappa shape index (κ3) is 3.31. The number of carbonyl (C=O) groups excluding carboxylic acids is 1. The third-order valence-corrected chi connectivity index (χ3v) is 3.31. The molecule has 2 rings (SSSR count). The number of aromatic nitrogens is 2. The summed E-state index contributed by atoms with van der Waals surface area (Å²) in [5, 5.41) is 0. The zero-order valence-corrected chi connectivity index (χ0v) is 12.6. The molecule has 0 spiro atoms. The Balaban J connectivity index is 2.28. The Labute approximate surface area is 133 Å². The van der Waals surface area contributed by atoms with Crippen LogP contribution in [0.5, 0.6) is 0 Å². The van der Waals surface area contributed by atoms with Crippen LogP contribution in [0.25, 0.3) is 0 Å². The number of hydrazine groups is 1. The molecular formula is C14H13F3N4O3. The first-order valence-corrected chi connectivity index (χ1v) is 6.62. The highest BCUT2D eigenvalue weighted by Gasteiger charge is 2.34. The van der Waals surface area contributed by atoms with Gasteiger partial charge in [0.2, 0.25) is 0 Å². The lowest BCUT2D eigenvalue weighted by Gasteiger charge is -2.15. The van der Waals surface area contributed by atoms with Gasteiger partial charge in [-0.15, -0.1) is 0 Å². The van der Waals surface area contributed by atoms with Crippen LogP contribution < -0.4 is 22.1 Å². The molecule has 2 N–H and O–H groups in total. The number of benzene rings is 1. The molecule has 0 atom stereocenters. The average molecular weight is 342 g/mol. The first-order chi connectivity index (χ1) is 11.1. The van der Waals surface area contributed by atoms with Gasteiger partial charge in [0.1, 0.15) is 5.82 Å². The van der Waals surface area contributed by atoms with Crippen molar-refractivity contribution >= 4 is 11.7 Å². The van der Waals surface area contributed by atoms with E-state index in [4.69, 9.17) is 0 Å². The van der Waals surface area contributed by atoms with Gasteiger partial charge in [-0.25, -0.2) is 4.79 Å². The van der Waals surface area contributed by atoms with Crippen molar-refractivity contribution in [3.63, 3.8) is 0 Å². The summed E-state index contributed by atoms with van der Waals surface area (Å²) in [6, 6.07) is 5.28. The number of rotatable bonds is 3. The SMILES string of the molecule is Cn1c(NNC(=O)c2ccccc2C(F)(F)F)cc(=O)n(C)c1=O. The zero-order valence-electron chi connectivity index (χ0n) is 12.6. The van der Waals surface area contributed by atoms with Crippen molar-refractivity contribution in [2.24, 2.45) is 14.1 Å². The van der Waals surface area contributed by atoms with Crippen molar-refractivity contribution in [3.8, 4) is 0 Å². The van der Waals surface area contributed by atoms with Gasteiger partial charge in [-0.3, -0.25) is 29.6 Å². The Morgan fingerprint density at radius 1 is 1.08 bits per heavy atom. The van der Waals surface area contributed by atoms with Crippen LogP contribution in [0.15, 0.2) is 39.9 Å². The van der Waals surface area contributed by atoms with Gasteiger partial charge in [0.15, 0.2) is 0 Å². The second kappa shape index (κ2) is 6.22. The minimum absolute atomic E-state index is 0.0686. The van der Waals surface area contributed by atoms with Gasteiger partial charge in [-0.1, -0.05) is 12.1 Å². The van der Waals surface area contributed by atoms with E-state index in [-0.39, 0.29) is 5.82 Å². The highest BCUT2D eigenvalue weighted by molar-refractivity contribution is 5.96. The minimum Gasteiger partial charge on any atom is -0.283 e. The predicted octanol–water partition coefficient (Wildman–Crippen LogP) is 0.860. The van der Waals surface area contributed by atoms with Gasteiger partial charge >= 0.3 is 11.9 Å². The molecule has 0 aliphatic carbocycles. The zero-order chi connectivity index (χ0) is 18.1. The molecule has 1 amide bonds. The molecule has 1 heterocycles. The van der Waals surface area contributed by atoms with Crippen molar-refractivity contribution in [1.29, 1.82) is 0 Å². The highest BCUT2D eigenvalue weighted by Crippen LogP contribution is 2.31. The van der Waals surface area contributed by atoms with Gasteiger partial charge in [0, 0.05) is 20.2 Å². The summed E-state index contributed by atoms with van der Waals surface area (Å²) in [5.74, 6) is -1.13. The normalized spacial score (nSPS) is 11.2. The molecule has 0 bridgehead atoms. The number of anilines is 1. The maximum Gasteiger partial charge on any atom is 0.417 e. The first-order valence-electron chi connectivity index (χ1n) is 6.62. The highest BCUT2D eigenvalue weighted by atomic mass is 19.4. The number of nitrogens with zero attached hydrogens (tertiary/aromatic N) is 2. The van der Waals surface area contributed by atoms with E-state index >= 15 is 0 Å². The van der Waals surface area contributed by atoms with Crippen LogP contribution in [0.3, 0.4) is 0 Å². The molecule has 24 heavy (non-hydrogen) atoms. The molecule has 10 heteroatoms. The molecule has 0 unspecified atom stereocenters. The summed E-state index contributed by atoms with van der Waals surface area (Å²) < 4.78 is 40.6. The number of hydrogen-bond acceptors (Lipinski definition) is 4. The maximum absolute atomic E-state index is 12.9. The van der Waals surface area contributed by atoms with Gasteiger partial charge in [-0.2, -0.15) is 13.2 Å². The van der Waals surface area contributed by atoms with Crippen molar-refractivity contribution < 1.29 is 18.0 Å². The second-order valence-electron chi connectivity index (χ2n) is 4.89. The van der Waals surface area contributed by atoms with Gasteiger partial charge in [0.25, 0.3) is 11.5 Å². The molecule has 7 nitrogen and oxygen atoms in total. The Morgan fingerprint density at radius 3 is 2.33 bits per heavy atom. The fourth-order valence-corrected chi connectivity index (χ4v) is 1.97. The summed E-state index contributed by atoms with van der Waals surface area (Å²) >= 11 is 0. The van der Waals surface area contributed by atoms with E-state index in [0.717, 1.165) is 33.4 Å². The molecule has 0 saturated carbocycles. The molecule has 0 saturated heterocycles. The van der Waals surface area contributed by atoms with Crippen molar-refractivity contribution in [1.82, 2.24) is 14.6 Å². The maximum atomic E-state index is 12.9. The lowest BCUT2D eigenvalue weighted by molar-refractivity contribution is -0.137. The lowest BCUT2D eigenvalue weighted by Crippen LogP contribution is -2.40. The molecule has 1 aromatic heterocycles. The summed E-state index contributed by atoms with van der Waals surface area (Å²) in [6.07, 6.45) is -4.69. The van der Waals surface area contributed by atoms with Gasteiger partial charge in [-0.05, 0) is 12.1 Å². The monoisotopic (exact) mass is 342 g/mol. The second-order valence-corrected chi connectivity index (χ2v) is 4.89. The predicted molar refractivity (Wildman–Crippen MR) is 79.5 cm³/mol. The van der Waals surface area contributed by atoms with Crippen LogP contribution in [-0.4, -0.2) is 15.0 Å². The molecule has 1 aromatic carbocycles. The van der Waals surface area contributed by atoms with E-state index in [1.54, 1.807) is 0 Å². The van der Waals surface area contributed by atoms with Crippen LogP contribution in [0.4, 0.5) is 19.0 Å². The molecule has 128 valence electrons. The Kier molecular flexibility index (Phi) is 4.49. The molecule has 0 radical (unpaired) electrons. The number of nitrogens with one attached hydrogen (secondary N) is 2. The lowest BCUT2D eigenvalue weighted by atomic mass is 10.1. The molecule has 0 aliphatic heterocycles. The van der Waals surface area contributed by atoms with Gasteiger partial charge in [0.05, 0.1) is 11.1 Å². The summed E-state index contributed by atoms with van der Waals surface area (Å²) in [4.78, 5) is 35.3. The van der Waals surface area contributed by atoms with Crippen LogP contribution in [0.1, 0.15) is 15.9 Å². The van der Waals surface area contributed by atoms with E-state index in [1.165, 1.54) is 20.2 Å². The fraction of sp³-hybridized carbons (Fsp3) is 0.214. The van der Waals surface area contributed by atoms with Crippen molar-refractivity contribution in [2.45, 2.75) is 6.18 Å². The number of halogens is 3.